The average molecular weight is 215 g/mol. The van der Waals surface area contributed by atoms with Gasteiger partial charge in [-0.25, -0.2) is 4.79 Å². The number of fused-ring (bicyclic) bond motifs is 1. The molecule has 1 heterocycles. The molecule has 0 aromatic heterocycles. The fraction of sp³-hybridized carbons (Fsp3) is 0.462. The number of hydrogen-bond acceptors (Lipinski definition) is 3. The van der Waals surface area contributed by atoms with Gasteiger partial charge in [0, 0.05) is 0 Å². The van der Waals surface area contributed by atoms with Gasteiger partial charge in [-0.3, -0.25) is 0 Å². The van der Waals surface area contributed by atoms with E-state index in [0.29, 0.717) is 13.2 Å². The summed E-state index contributed by atoms with van der Waals surface area (Å²) in [5, 5.41) is 0. The molecule has 1 aromatic rings. The Bertz CT molecular complexity index is 471. The number of nitrogens with zero attached hydrogens (tertiary/aromatic N) is 1. The lowest BCUT2D eigenvalue weighted by Gasteiger charge is -2.37. The second-order valence-electron chi connectivity index (χ2n) is 4.56. The van der Waals surface area contributed by atoms with Gasteiger partial charge in [0.25, 0.3) is 0 Å². The van der Waals surface area contributed by atoms with Crippen LogP contribution in [0.2, 0.25) is 0 Å². The molecule has 1 aliphatic carbocycles. The van der Waals surface area contributed by atoms with Gasteiger partial charge in [0.15, 0.2) is 0 Å². The summed E-state index contributed by atoms with van der Waals surface area (Å²) in [6.45, 7) is 1.39. The normalized spacial score (nSPS) is 20.8. The molecule has 82 valence electrons. The molecule has 3 rings (SSSR count). The molecule has 3 nitrogen and oxygen atoms in total. The van der Waals surface area contributed by atoms with E-state index in [1.54, 1.807) is 6.08 Å². The first-order valence-corrected chi connectivity index (χ1v) is 5.63. The number of rotatable bonds is 2. The maximum atomic E-state index is 10.5. The van der Waals surface area contributed by atoms with Gasteiger partial charge in [0.1, 0.15) is 0 Å². The lowest BCUT2D eigenvalue weighted by Crippen LogP contribution is -2.31. The van der Waals surface area contributed by atoms with Crippen LogP contribution in [0.25, 0.3) is 0 Å². The number of hydrogen-bond donors (Lipinski definition) is 0. The summed E-state index contributed by atoms with van der Waals surface area (Å²) >= 11 is 0. The van der Waals surface area contributed by atoms with Crippen molar-refractivity contribution in [3.8, 4) is 0 Å². The van der Waals surface area contributed by atoms with Crippen molar-refractivity contribution in [1.29, 1.82) is 0 Å². The van der Waals surface area contributed by atoms with Crippen LogP contribution in [-0.2, 0) is 28.3 Å². The molecule has 0 unspecified atom stereocenters. The number of ether oxygens (including phenoxy) is 1. The first kappa shape index (κ1) is 9.76. The van der Waals surface area contributed by atoms with Crippen LogP contribution in [0.5, 0.6) is 0 Å². The third-order valence-corrected chi connectivity index (χ3v) is 3.70. The standard InChI is InChI=1S/C13H13NO2/c15-9-14-13(4-1-5-13)12-3-2-10-7-16-8-11(10)6-12/h2-3,6H,1,4-5,7-8H2. The SMILES string of the molecule is O=C=NC1(c2ccc3c(c2)COC3)CCC1. The highest BCUT2D eigenvalue weighted by Gasteiger charge is 2.39. The van der Waals surface area contributed by atoms with E-state index in [1.165, 1.54) is 11.1 Å². The minimum absolute atomic E-state index is 0.278. The van der Waals surface area contributed by atoms with Gasteiger partial charge >= 0.3 is 0 Å². The van der Waals surface area contributed by atoms with Crippen molar-refractivity contribution >= 4 is 6.08 Å². The average Bonchev–Trinajstić information content (AvgIpc) is 2.70. The van der Waals surface area contributed by atoms with Crippen LogP contribution in [0, 0.1) is 0 Å². The summed E-state index contributed by atoms with van der Waals surface area (Å²) in [4.78, 5) is 14.5. The minimum atomic E-state index is -0.278. The predicted molar refractivity (Wildman–Crippen MR) is 58.6 cm³/mol. The van der Waals surface area contributed by atoms with Crippen LogP contribution in [0.1, 0.15) is 36.0 Å². The van der Waals surface area contributed by atoms with Crippen molar-refractivity contribution in [2.24, 2.45) is 4.99 Å². The minimum Gasteiger partial charge on any atom is -0.372 e. The zero-order chi connectivity index (χ0) is 11.0. The van der Waals surface area contributed by atoms with Crippen molar-refractivity contribution in [2.45, 2.75) is 38.0 Å². The zero-order valence-electron chi connectivity index (χ0n) is 9.03. The predicted octanol–water partition coefficient (Wildman–Crippen LogP) is 2.43. The van der Waals surface area contributed by atoms with E-state index < -0.39 is 0 Å². The molecule has 1 fully saturated rings. The fourth-order valence-electron chi connectivity index (χ4n) is 2.53. The molecule has 3 heteroatoms. The van der Waals surface area contributed by atoms with Crippen molar-refractivity contribution in [2.75, 3.05) is 0 Å². The molecule has 0 atom stereocenters. The molecule has 0 N–H and O–H groups in total. The molecule has 0 bridgehead atoms. The number of aliphatic imine (C=N–C) groups is 1. The molecule has 1 aliphatic heterocycles. The summed E-state index contributed by atoms with van der Waals surface area (Å²) < 4.78 is 5.39. The molecular formula is C13H13NO2. The topological polar surface area (TPSA) is 38.7 Å². The quantitative estimate of drug-likeness (QED) is 0.561. The number of benzene rings is 1. The summed E-state index contributed by atoms with van der Waals surface area (Å²) in [7, 11) is 0. The first-order chi connectivity index (χ1) is 7.84. The second-order valence-corrected chi connectivity index (χ2v) is 4.56. The second kappa shape index (κ2) is 3.55. The maximum Gasteiger partial charge on any atom is 0.235 e. The van der Waals surface area contributed by atoms with E-state index in [9.17, 15) is 4.79 Å². The van der Waals surface area contributed by atoms with E-state index in [1.807, 2.05) is 0 Å². The molecule has 2 aliphatic rings. The molecule has 1 saturated carbocycles. The summed E-state index contributed by atoms with van der Waals surface area (Å²) in [6, 6.07) is 6.31. The number of isocyanates is 1. The van der Waals surface area contributed by atoms with Crippen LogP contribution >= 0.6 is 0 Å². The van der Waals surface area contributed by atoms with Crippen molar-refractivity contribution in [3.63, 3.8) is 0 Å². The molecular weight excluding hydrogens is 202 g/mol. The van der Waals surface area contributed by atoms with Crippen molar-refractivity contribution in [1.82, 2.24) is 0 Å². The number of carbonyl (C=O) groups excluding carboxylic acids is 1. The van der Waals surface area contributed by atoms with Gasteiger partial charge in [0.2, 0.25) is 6.08 Å². The lowest BCUT2D eigenvalue weighted by molar-refractivity contribution is 0.134. The highest BCUT2D eigenvalue weighted by molar-refractivity contribution is 5.42. The van der Waals surface area contributed by atoms with Crippen LogP contribution < -0.4 is 0 Å². The summed E-state index contributed by atoms with van der Waals surface area (Å²) in [6.07, 6.45) is 4.78. The van der Waals surface area contributed by atoms with Gasteiger partial charge < -0.3 is 4.74 Å². The van der Waals surface area contributed by atoms with Crippen LogP contribution in [-0.4, -0.2) is 6.08 Å². The highest BCUT2D eigenvalue weighted by Crippen LogP contribution is 2.45. The molecule has 0 saturated heterocycles. The summed E-state index contributed by atoms with van der Waals surface area (Å²) in [5.74, 6) is 0. The van der Waals surface area contributed by atoms with E-state index in [2.05, 4.69) is 23.2 Å². The Morgan fingerprint density at radius 3 is 2.75 bits per heavy atom. The van der Waals surface area contributed by atoms with Crippen LogP contribution in [0.15, 0.2) is 23.2 Å². The largest absolute Gasteiger partial charge is 0.372 e. The Labute approximate surface area is 94.1 Å². The molecule has 16 heavy (non-hydrogen) atoms. The third-order valence-electron chi connectivity index (χ3n) is 3.70. The Hall–Kier alpha value is -1.44. The smallest absolute Gasteiger partial charge is 0.235 e. The monoisotopic (exact) mass is 215 g/mol. The Kier molecular flexibility index (Phi) is 2.16. The van der Waals surface area contributed by atoms with Gasteiger partial charge in [-0.2, -0.15) is 4.99 Å². The molecule has 1 aromatic carbocycles. The van der Waals surface area contributed by atoms with E-state index in [-0.39, 0.29) is 5.54 Å². The Morgan fingerprint density at radius 1 is 1.25 bits per heavy atom. The van der Waals surface area contributed by atoms with E-state index in [0.717, 1.165) is 24.8 Å². The molecule has 0 amide bonds. The molecule has 0 spiro atoms. The first-order valence-electron chi connectivity index (χ1n) is 5.63. The third kappa shape index (κ3) is 1.33. The van der Waals surface area contributed by atoms with Gasteiger partial charge in [-0.15, -0.1) is 0 Å². The van der Waals surface area contributed by atoms with Gasteiger partial charge in [0.05, 0.1) is 18.8 Å². The van der Waals surface area contributed by atoms with E-state index in [4.69, 9.17) is 4.74 Å². The fourth-order valence-corrected chi connectivity index (χ4v) is 2.53. The Morgan fingerprint density at radius 2 is 2.06 bits per heavy atom. The van der Waals surface area contributed by atoms with Gasteiger partial charge in [-0.05, 0) is 36.0 Å². The van der Waals surface area contributed by atoms with Crippen molar-refractivity contribution in [3.05, 3.63) is 34.9 Å². The maximum absolute atomic E-state index is 10.5. The van der Waals surface area contributed by atoms with Crippen LogP contribution in [0.4, 0.5) is 0 Å². The molecule has 0 radical (unpaired) electrons. The highest BCUT2D eigenvalue weighted by atomic mass is 16.5. The summed E-state index contributed by atoms with van der Waals surface area (Å²) in [5.41, 5.74) is 3.36. The Balaban J connectivity index is 2.03. The van der Waals surface area contributed by atoms with Gasteiger partial charge in [-0.1, -0.05) is 18.2 Å². The zero-order valence-corrected chi connectivity index (χ0v) is 9.03. The lowest BCUT2D eigenvalue weighted by atomic mass is 9.72. The van der Waals surface area contributed by atoms with Crippen LogP contribution in [0.3, 0.4) is 0 Å². The van der Waals surface area contributed by atoms with Crippen molar-refractivity contribution < 1.29 is 9.53 Å². The van der Waals surface area contributed by atoms with E-state index >= 15 is 0 Å².